The lowest BCUT2D eigenvalue weighted by Gasteiger charge is -2.35. The maximum absolute atomic E-state index is 12.1. The second kappa shape index (κ2) is 4.12. The molecule has 2 rings (SSSR count). The highest BCUT2D eigenvalue weighted by Gasteiger charge is 2.35. The number of carbonyl (C=O) groups is 1. The number of likely N-dealkylation sites (tertiary alicyclic amines) is 1. The minimum Gasteiger partial charge on any atom is -0.380 e. The van der Waals surface area contributed by atoms with Gasteiger partial charge in [-0.2, -0.15) is 0 Å². The Morgan fingerprint density at radius 2 is 2.00 bits per heavy atom. The average molecular weight is 211 g/mol. The Balaban J connectivity index is 1.94. The van der Waals surface area contributed by atoms with Gasteiger partial charge in [0.1, 0.15) is 0 Å². The van der Waals surface area contributed by atoms with Crippen molar-refractivity contribution in [1.29, 1.82) is 0 Å². The van der Waals surface area contributed by atoms with Gasteiger partial charge in [0.2, 0.25) is 5.91 Å². The Labute approximate surface area is 91.8 Å². The summed E-state index contributed by atoms with van der Waals surface area (Å²) in [6.45, 7) is 7.67. The minimum atomic E-state index is 0.104. The fraction of sp³-hybridized carbons (Fsp3) is 0.917. The molecule has 0 aromatic carbocycles. The number of nitrogens with zero attached hydrogens (tertiary/aromatic N) is 1. The van der Waals surface area contributed by atoms with Crippen molar-refractivity contribution in [2.45, 2.75) is 33.1 Å². The summed E-state index contributed by atoms with van der Waals surface area (Å²) < 4.78 is 5.53. The number of amides is 1. The molecule has 1 amide bonds. The largest absolute Gasteiger partial charge is 0.380 e. The lowest BCUT2D eigenvalue weighted by atomic mass is 9.81. The van der Waals surface area contributed by atoms with E-state index in [0.29, 0.717) is 12.5 Å². The van der Waals surface area contributed by atoms with E-state index in [-0.39, 0.29) is 11.3 Å². The van der Waals surface area contributed by atoms with Gasteiger partial charge in [0.25, 0.3) is 0 Å². The van der Waals surface area contributed by atoms with Gasteiger partial charge in [0.05, 0.1) is 19.1 Å². The molecule has 0 bridgehead atoms. The van der Waals surface area contributed by atoms with E-state index < -0.39 is 0 Å². The number of ether oxygens (including phenoxy) is 1. The highest BCUT2D eigenvalue weighted by Crippen LogP contribution is 2.32. The van der Waals surface area contributed by atoms with Crippen LogP contribution in [0.2, 0.25) is 0 Å². The van der Waals surface area contributed by atoms with Crippen molar-refractivity contribution in [3.63, 3.8) is 0 Å². The Hall–Kier alpha value is -0.570. The highest BCUT2D eigenvalue weighted by atomic mass is 16.5. The van der Waals surface area contributed by atoms with Crippen LogP contribution in [-0.2, 0) is 9.53 Å². The van der Waals surface area contributed by atoms with Crippen molar-refractivity contribution >= 4 is 5.91 Å². The standard InChI is InChI=1S/C12H21NO2/c1-12(2)7-10(8-15-9-12)11(14)13-5-3-4-6-13/h10H,3-9H2,1-2H3. The predicted molar refractivity (Wildman–Crippen MR) is 58.5 cm³/mol. The number of hydrogen-bond acceptors (Lipinski definition) is 2. The van der Waals surface area contributed by atoms with E-state index in [1.54, 1.807) is 0 Å². The molecule has 0 radical (unpaired) electrons. The summed E-state index contributed by atoms with van der Waals surface area (Å²) in [5.74, 6) is 0.423. The predicted octanol–water partition coefficient (Wildman–Crippen LogP) is 1.67. The van der Waals surface area contributed by atoms with Crippen LogP contribution in [-0.4, -0.2) is 37.1 Å². The highest BCUT2D eigenvalue weighted by molar-refractivity contribution is 5.79. The van der Waals surface area contributed by atoms with Crippen molar-refractivity contribution in [1.82, 2.24) is 4.90 Å². The Kier molecular flexibility index (Phi) is 3.01. The fourth-order valence-corrected chi connectivity index (χ4v) is 2.62. The SMILES string of the molecule is CC1(C)COCC(C(=O)N2CCCC2)C1. The Morgan fingerprint density at radius 3 is 2.60 bits per heavy atom. The molecule has 2 aliphatic rings. The zero-order chi connectivity index (χ0) is 10.9. The van der Waals surface area contributed by atoms with Gasteiger partial charge in [-0.3, -0.25) is 4.79 Å². The first-order valence-corrected chi connectivity index (χ1v) is 5.95. The quantitative estimate of drug-likeness (QED) is 0.660. The Morgan fingerprint density at radius 1 is 1.33 bits per heavy atom. The lowest BCUT2D eigenvalue weighted by Crippen LogP contribution is -2.42. The molecule has 2 aliphatic heterocycles. The summed E-state index contributed by atoms with van der Waals surface area (Å²) in [5, 5.41) is 0. The van der Waals surface area contributed by atoms with Crippen LogP contribution in [0.4, 0.5) is 0 Å². The van der Waals surface area contributed by atoms with Crippen LogP contribution in [0, 0.1) is 11.3 Å². The Bertz CT molecular complexity index is 244. The molecule has 0 aliphatic carbocycles. The third-order valence-electron chi connectivity index (χ3n) is 3.38. The molecule has 0 spiro atoms. The van der Waals surface area contributed by atoms with E-state index in [0.717, 1.165) is 26.1 Å². The lowest BCUT2D eigenvalue weighted by molar-refractivity contribution is -0.142. The topological polar surface area (TPSA) is 29.5 Å². The van der Waals surface area contributed by atoms with E-state index in [1.807, 2.05) is 4.90 Å². The van der Waals surface area contributed by atoms with Crippen molar-refractivity contribution < 1.29 is 9.53 Å². The van der Waals surface area contributed by atoms with Crippen molar-refractivity contribution in [3.05, 3.63) is 0 Å². The van der Waals surface area contributed by atoms with E-state index in [9.17, 15) is 4.79 Å². The third kappa shape index (κ3) is 2.51. The van der Waals surface area contributed by atoms with E-state index >= 15 is 0 Å². The van der Waals surface area contributed by atoms with Gasteiger partial charge >= 0.3 is 0 Å². The maximum Gasteiger partial charge on any atom is 0.228 e. The van der Waals surface area contributed by atoms with Gasteiger partial charge in [-0.15, -0.1) is 0 Å². The van der Waals surface area contributed by atoms with Crippen LogP contribution in [0.25, 0.3) is 0 Å². The molecular formula is C12H21NO2. The molecule has 0 aromatic heterocycles. The van der Waals surface area contributed by atoms with Crippen LogP contribution in [0.3, 0.4) is 0 Å². The smallest absolute Gasteiger partial charge is 0.228 e. The zero-order valence-corrected chi connectivity index (χ0v) is 9.79. The van der Waals surface area contributed by atoms with Crippen molar-refractivity contribution in [2.75, 3.05) is 26.3 Å². The average Bonchev–Trinajstić information content (AvgIpc) is 2.67. The van der Waals surface area contributed by atoms with Crippen LogP contribution >= 0.6 is 0 Å². The van der Waals surface area contributed by atoms with Gasteiger partial charge in [-0.05, 0) is 24.7 Å². The maximum atomic E-state index is 12.1. The second-order valence-electron chi connectivity index (χ2n) is 5.61. The van der Waals surface area contributed by atoms with Gasteiger partial charge in [0.15, 0.2) is 0 Å². The van der Waals surface area contributed by atoms with Crippen LogP contribution in [0.1, 0.15) is 33.1 Å². The summed E-state index contributed by atoms with van der Waals surface area (Å²) in [7, 11) is 0. The molecule has 86 valence electrons. The fourth-order valence-electron chi connectivity index (χ4n) is 2.62. The molecule has 0 aromatic rings. The monoisotopic (exact) mass is 211 g/mol. The van der Waals surface area contributed by atoms with Gasteiger partial charge in [-0.25, -0.2) is 0 Å². The van der Waals surface area contributed by atoms with Crippen LogP contribution in [0.15, 0.2) is 0 Å². The molecule has 3 nitrogen and oxygen atoms in total. The summed E-state index contributed by atoms with van der Waals surface area (Å²) in [5.41, 5.74) is 0.165. The number of hydrogen-bond donors (Lipinski definition) is 0. The molecule has 1 atom stereocenters. The number of carbonyl (C=O) groups excluding carboxylic acids is 1. The molecule has 15 heavy (non-hydrogen) atoms. The van der Waals surface area contributed by atoms with E-state index in [1.165, 1.54) is 12.8 Å². The molecule has 0 saturated carbocycles. The molecule has 0 N–H and O–H groups in total. The summed E-state index contributed by atoms with van der Waals surface area (Å²) >= 11 is 0. The number of rotatable bonds is 1. The molecule has 2 heterocycles. The van der Waals surface area contributed by atoms with Gasteiger partial charge < -0.3 is 9.64 Å². The third-order valence-corrected chi connectivity index (χ3v) is 3.38. The molecule has 2 saturated heterocycles. The molecular weight excluding hydrogens is 190 g/mol. The van der Waals surface area contributed by atoms with Crippen LogP contribution in [0.5, 0.6) is 0 Å². The van der Waals surface area contributed by atoms with E-state index in [2.05, 4.69) is 13.8 Å². The second-order valence-corrected chi connectivity index (χ2v) is 5.61. The van der Waals surface area contributed by atoms with Gasteiger partial charge in [-0.1, -0.05) is 13.8 Å². The summed E-state index contributed by atoms with van der Waals surface area (Å²) in [6.07, 6.45) is 3.31. The zero-order valence-electron chi connectivity index (χ0n) is 9.79. The van der Waals surface area contributed by atoms with Crippen molar-refractivity contribution in [3.8, 4) is 0 Å². The van der Waals surface area contributed by atoms with Gasteiger partial charge in [0, 0.05) is 13.1 Å². The molecule has 1 unspecified atom stereocenters. The summed E-state index contributed by atoms with van der Waals surface area (Å²) in [6, 6.07) is 0. The first-order chi connectivity index (χ1) is 7.08. The molecule has 3 heteroatoms. The normalized spacial score (nSPS) is 30.5. The first kappa shape index (κ1) is 10.9. The minimum absolute atomic E-state index is 0.104. The first-order valence-electron chi connectivity index (χ1n) is 5.95. The van der Waals surface area contributed by atoms with E-state index in [4.69, 9.17) is 4.74 Å². The molecule has 2 fully saturated rings. The van der Waals surface area contributed by atoms with Crippen LogP contribution < -0.4 is 0 Å². The summed E-state index contributed by atoms with van der Waals surface area (Å²) in [4.78, 5) is 14.1. The van der Waals surface area contributed by atoms with Crippen molar-refractivity contribution in [2.24, 2.45) is 11.3 Å².